The lowest BCUT2D eigenvalue weighted by molar-refractivity contribution is 1.28. The predicted octanol–water partition coefficient (Wildman–Crippen LogP) is 27.7. The molecule has 6 heteroatoms. The van der Waals surface area contributed by atoms with E-state index in [1.54, 1.807) is 0 Å². The molecule has 0 radical (unpaired) electrons. The Morgan fingerprint density at radius 3 is 0.868 bits per heavy atom. The Hall–Kier alpha value is -13.8. The molecule has 0 spiro atoms. The largest absolute Gasteiger partial charge is 0.311 e. The molecule has 0 bridgehead atoms. The molecule has 0 aliphatic heterocycles. The number of benzene rings is 17. The number of aromatic nitrogens is 4. The summed E-state index contributed by atoms with van der Waals surface area (Å²) in [6, 6.07) is 138. The van der Waals surface area contributed by atoms with Crippen molar-refractivity contribution in [1.82, 2.24) is 18.8 Å². The van der Waals surface area contributed by atoms with E-state index in [0.717, 1.165) is 66.8 Å². The van der Waals surface area contributed by atoms with Crippen LogP contribution < -0.4 is 4.90 Å². The van der Waals surface area contributed by atoms with Crippen molar-refractivity contribution in [3.05, 3.63) is 382 Å². The maximum Gasteiger partial charge on any atom is 0.146 e. The Labute approximate surface area is 615 Å². The van der Waals surface area contributed by atoms with Crippen LogP contribution in [0.4, 0.5) is 17.1 Å². The third kappa shape index (κ3) is 10.1. The van der Waals surface area contributed by atoms with Crippen molar-refractivity contribution < 1.29 is 0 Å². The summed E-state index contributed by atoms with van der Waals surface area (Å²) in [5, 5.41) is 17.0. The molecule has 5 heterocycles. The monoisotopic (exact) mass is 1370 g/mol. The van der Waals surface area contributed by atoms with Crippen molar-refractivity contribution in [3.8, 4) is 65.4 Å². The minimum absolute atomic E-state index is 0.981. The van der Waals surface area contributed by atoms with Crippen LogP contribution in [-0.2, 0) is 0 Å². The molecule has 0 atom stereocenters. The summed E-state index contributed by atoms with van der Waals surface area (Å²) in [4.78, 5) is 15.8. The van der Waals surface area contributed by atoms with Crippen LogP contribution in [0.2, 0.25) is 0 Å². The molecule has 106 heavy (non-hydrogen) atoms. The number of imidazole rings is 2. The van der Waals surface area contributed by atoms with Crippen LogP contribution in [0.15, 0.2) is 382 Å². The van der Waals surface area contributed by atoms with E-state index in [9.17, 15) is 0 Å². The van der Waals surface area contributed by atoms with Crippen LogP contribution >= 0.6 is 11.3 Å². The van der Waals surface area contributed by atoms with Gasteiger partial charge in [-0.2, -0.15) is 0 Å². The van der Waals surface area contributed by atoms with Gasteiger partial charge < -0.3 is 4.90 Å². The molecule has 17 aromatic carbocycles. The van der Waals surface area contributed by atoms with Gasteiger partial charge >= 0.3 is 0 Å². The zero-order valence-corrected chi connectivity index (χ0v) is 58.3. The Morgan fingerprint density at radius 2 is 0.472 bits per heavy atom. The standard InChI is InChI=1S/C57H37N3.C43H26N2S/c1-3-13-38(14-4-1)40-23-30-44(31-24-40)59(45-32-25-41(26-33-45)39-15-5-2-6-16-39)46-34-27-42(28-35-46)43-29-36-52-53(37-43)49-19-11-12-22-54(49)60-56-51-21-10-8-18-48(51)47-17-7-9-20-50(47)55(56)58-57(52)60;1-2-10-28(11-3-1)39-24-25-40(46-39)29-20-18-27(19-21-29)30-22-23-36-37(26-30)33-14-8-9-17-38(33)45-42-35-16-7-5-13-32(35)31-12-4-6-15-34(31)41(42)44-43(36)45/h1-37H;1-26H. The van der Waals surface area contributed by atoms with Crippen LogP contribution in [0, 0.1) is 0 Å². The van der Waals surface area contributed by atoms with Gasteiger partial charge in [0.05, 0.1) is 33.1 Å². The highest BCUT2D eigenvalue weighted by Crippen LogP contribution is 2.45. The Kier molecular flexibility index (Phi) is 14.4. The van der Waals surface area contributed by atoms with Crippen molar-refractivity contribution in [3.63, 3.8) is 0 Å². The van der Waals surface area contributed by atoms with E-state index >= 15 is 0 Å². The molecule has 22 rings (SSSR count). The highest BCUT2D eigenvalue weighted by Gasteiger charge is 2.23. The fourth-order valence-electron chi connectivity index (χ4n) is 16.5. The van der Waals surface area contributed by atoms with Gasteiger partial charge in [-0.25, -0.2) is 9.97 Å². The second-order valence-corrected chi connectivity index (χ2v) is 28.6. The van der Waals surface area contributed by atoms with Gasteiger partial charge in [0.1, 0.15) is 11.3 Å². The summed E-state index contributed by atoms with van der Waals surface area (Å²) in [5.74, 6) is 0. The molecule has 0 saturated heterocycles. The number of thiophene rings is 1. The van der Waals surface area contributed by atoms with E-state index in [1.807, 2.05) is 11.3 Å². The van der Waals surface area contributed by atoms with Gasteiger partial charge in [-0.15, -0.1) is 11.3 Å². The lowest BCUT2D eigenvalue weighted by Gasteiger charge is -2.26. The molecule has 0 aliphatic carbocycles. The predicted molar refractivity (Wildman–Crippen MR) is 451 cm³/mol. The minimum atomic E-state index is 0.981. The summed E-state index contributed by atoms with van der Waals surface area (Å²) in [7, 11) is 0. The van der Waals surface area contributed by atoms with Gasteiger partial charge in [-0.05, 0) is 173 Å². The minimum Gasteiger partial charge on any atom is -0.311 e. The Balaban J connectivity index is 0.000000141. The maximum absolute atomic E-state index is 5.47. The number of fused-ring (bicyclic) bond motifs is 26. The molecule has 0 amide bonds. The van der Waals surface area contributed by atoms with Gasteiger partial charge in [0, 0.05) is 69.9 Å². The van der Waals surface area contributed by atoms with E-state index in [0.29, 0.717) is 0 Å². The molecular formula is C100H63N5S. The molecule has 0 unspecified atom stereocenters. The molecular weight excluding hydrogens is 1300 g/mol. The summed E-state index contributed by atoms with van der Waals surface area (Å²) in [6.07, 6.45) is 0. The quantitative estimate of drug-likeness (QED) is 0.135. The van der Waals surface area contributed by atoms with Crippen LogP contribution in [-0.4, -0.2) is 18.8 Å². The first-order valence-corrected chi connectivity index (χ1v) is 37.0. The average molecular weight is 1370 g/mol. The van der Waals surface area contributed by atoms with E-state index in [2.05, 4.69) is 396 Å². The third-order valence-corrected chi connectivity index (χ3v) is 22.7. The molecule has 0 N–H and O–H groups in total. The summed E-state index contributed by atoms with van der Waals surface area (Å²) in [6.45, 7) is 0. The van der Waals surface area contributed by atoms with Crippen molar-refractivity contribution in [2.45, 2.75) is 0 Å². The SMILES string of the molecule is c1ccc(-c2ccc(-c3ccc(-c4ccc5c(c4)c4ccccc4n4c5nc5c6ccccc6c6ccccc6c54)cc3)s2)cc1.c1ccc(-c2ccc(N(c3ccc(-c4ccccc4)cc3)c3ccc(-c4ccc5c(c4)c4ccccc4n4c5nc5c6ccccc6c6ccccc6c54)cc3)cc2)cc1. The number of rotatable bonds is 9. The first-order valence-electron chi connectivity index (χ1n) is 36.2. The smallest absolute Gasteiger partial charge is 0.146 e. The van der Waals surface area contributed by atoms with Gasteiger partial charge in [-0.1, -0.05) is 297 Å². The topological polar surface area (TPSA) is 37.8 Å². The second-order valence-electron chi connectivity index (χ2n) is 27.5. The van der Waals surface area contributed by atoms with Gasteiger partial charge in [0.2, 0.25) is 0 Å². The number of nitrogens with zero attached hydrogens (tertiary/aromatic N) is 5. The van der Waals surface area contributed by atoms with Crippen molar-refractivity contribution in [2.24, 2.45) is 0 Å². The molecule has 5 aromatic heterocycles. The van der Waals surface area contributed by atoms with Crippen molar-refractivity contribution in [1.29, 1.82) is 0 Å². The maximum atomic E-state index is 5.47. The summed E-state index contributed by atoms with van der Waals surface area (Å²) >= 11 is 1.84. The van der Waals surface area contributed by atoms with Gasteiger partial charge in [0.25, 0.3) is 0 Å². The first-order chi connectivity index (χ1) is 52.6. The average Bonchev–Trinajstić information content (AvgIpc) is 1.53. The first kappa shape index (κ1) is 60.9. The highest BCUT2D eigenvalue weighted by molar-refractivity contribution is 7.18. The van der Waals surface area contributed by atoms with Crippen molar-refractivity contribution in [2.75, 3.05) is 4.90 Å². The van der Waals surface area contributed by atoms with Gasteiger partial charge in [-0.3, -0.25) is 8.80 Å². The normalized spacial score (nSPS) is 11.8. The van der Waals surface area contributed by atoms with Crippen LogP contribution in [0.3, 0.4) is 0 Å². The van der Waals surface area contributed by atoms with E-state index in [1.165, 1.54) is 135 Å². The third-order valence-electron chi connectivity index (χ3n) is 21.5. The fraction of sp³-hybridized carbons (Fsp3) is 0. The number of hydrogen-bond acceptors (Lipinski definition) is 4. The zero-order valence-electron chi connectivity index (χ0n) is 57.5. The second kappa shape index (κ2) is 25.0. The Morgan fingerprint density at radius 1 is 0.198 bits per heavy atom. The Bertz CT molecular complexity index is 7120. The van der Waals surface area contributed by atoms with Crippen LogP contribution in [0.1, 0.15) is 0 Å². The molecule has 494 valence electrons. The summed E-state index contributed by atoms with van der Waals surface area (Å²) < 4.78 is 4.78. The highest BCUT2D eigenvalue weighted by atomic mass is 32.1. The molecule has 0 saturated carbocycles. The number of hydrogen-bond donors (Lipinski definition) is 0. The lowest BCUT2D eigenvalue weighted by atomic mass is 9.98. The van der Waals surface area contributed by atoms with E-state index in [-0.39, 0.29) is 0 Å². The van der Waals surface area contributed by atoms with E-state index < -0.39 is 0 Å². The zero-order chi connectivity index (χ0) is 69.8. The van der Waals surface area contributed by atoms with Gasteiger partial charge in [0.15, 0.2) is 0 Å². The fourth-order valence-corrected chi connectivity index (χ4v) is 17.5. The number of anilines is 3. The molecule has 22 aromatic rings. The number of para-hydroxylation sites is 2. The molecule has 5 nitrogen and oxygen atoms in total. The molecule has 0 aliphatic rings. The van der Waals surface area contributed by atoms with Crippen LogP contribution in [0.5, 0.6) is 0 Å². The molecule has 0 fully saturated rings. The summed E-state index contributed by atoms with van der Waals surface area (Å²) in [5.41, 5.74) is 24.1. The van der Waals surface area contributed by atoms with E-state index in [4.69, 9.17) is 9.97 Å². The number of pyridine rings is 2. The lowest BCUT2D eigenvalue weighted by Crippen LogP contribution is -2.09. The van der Waals surface area contributed by atoms with Crippen molar-refractivity contribution >= 4 is 148 Å². The van der Waals surface area contributed by atoms with Crippen LogP contribution in [0.25, 0.3) is 185 Å².